The van der Waals surface area contributed by atoms with Crippen LogP contribution in [0.25, 0.3) is 0 Å². The van der Waals surface area contributed by atoms with Crippen LogP contribution in [0.1, 0.15) is 126 Å². The van der Waals surface area contributed by atoms with Gasteiger partial charge in [-0.2, -0.15) is 0 Å². The second-order valence-corrected chi connectivity index (χ2v) is 12.8. The van der Waals surface area contributed by atoms with Gasteiger partial charge in [-0.05, 0) is 69.1 Å². The Hall–Kier alpha value is -0.240. The SMILES string of the molecule is CCCC(CC)COCC(CC)CCOCC(CC)CCOCC(CC)CCOCC(CC)COCC(CC)COCC. The first-order chi connectivity index (χ1) is 21.0. The van der Waals surface area contributed by atoms with E-state index in [0.29, 0.717) is 35.5 Å². The lowest BCUT2D eigenvalue weighted by atomic mass is 10.0. The molecule has 0 heterocycles. The van der Waals surface area contributed by atoms with E-state index in [2.05, 4.69) is 48.5 Å². The van der Waals surface area contributed by atoms with Gasteiger partial charge in [-0.15, -0.1) is 0 Å². The molecule has 6 unspecified atom stereocenters. The van der Waals surface area contributed by atoms with Crippen LogP contribution in [0.5, 0.6) is 0 Å². The molecule has 0 aliphatic carbocycles. The molecule has 260 valence electrons. The summed E-state index contributed by atoms with van der Waals surface area (Å²) in [5.74, 6) is 3.38. The van der Waals surface area contributed by atoms with Gasteiger partial charge in [0.25, 0.3) is 0 Å². The van der Waals surface area contributed by atoms with Crippen molar-refractivity contribution in [3.05, 3.63) is 0 Å². The second-order valence-electron chi connectivity index (χ2n) is 12.8. The van der Waals surface area contributed by atoms with E-state index in [1.807, 2.05) is 6.92 Å². The zero-order valence-electron chi connectivity index (χ0n) is 30.2. The summed E-state index contributed by atoms with van der Waals surface area (Å²) in [7, 11) is 0. The second kappa shape index (κ2) is 31.7. The first kappa shape index (κ1) is 42.8. The van der Waals surface area contributed by atoms with E-state index in [-0.39, 0.29) is 0 Å². The first-order valence-corrected chi connectivity index (χ1v) is 18.5. The van der Waals surface area contributed by atoms with Crippen molar-refractivity contribution in [2.24, 2.45) is 35.5 Å². The highest BCUT2D eigenvalue weighted by Crippen LogP contribution is 2.16. The summed E-state index contributed by atoms with van der Waals surface area (Å²) in [5.41, 5.74) is 0. The molecule has 0 aliphatic rings. The summed E-state index contributed by atoms with van der Waals surface area (Å²) in [5, 5.41) is 0. The van der Waals surface area contributed by atoms with Crippen LogP contribution < -0.4 is 0 Å². The predicted octanol–water partition coefficient (Wildman–Crippen LogP) is 9.23. The van der Waals surface area contributed by atoms with Gasteiger partial charge in [0, 0.05) is 64.7 Å². The van der Waals surface area contributed by atoms with Crippen molar-refractivity contribution in [1.29, 1.82) is 0 Å². The van der Waals surface area contributed by atoms with Gasteiger partial charge < -0.3 is 28.4 Å². The molecule has 0 aromatic rings. The molecule has 6 heteroatoms. The van der Waals surface area contributed by atoms with Crippen LogP contribution >= 0.6 is 0 Å². The van der Waals surface area contributed by atoms with Gasteiger partial charge in [0.1, 0.15) is 0 Å². The molecule has 0 aromatic carbocycles. The van der Waals surface area contributed by atoms with Gasteiger partial charge in [0.15, 0.2) is 0 Å². The highest BCUT2D eigenvalue weighted by atomic mass is 16.5. The molecular weight excluding hydrogens is 540 g/mol. The van der Waals surface area contributed by atoms with Crippen molar-refractivity contribution in [2.75, 3.05) is 79.3 Å². The van der Waals surface area contributed by atoms with Gasteiger partial charge in [-0.3, -0.25) is 0 Å². The van der Waals surface area contributed by atoms with Crippen LogP contribution in [0.3, 0.4) is 0 Å². The van der Waals surface area contributed by atoms with Crippen LogP contribution in [-0.2, 0) is 28.4 Å². The quantitative estimate of drug-likeness (QED) is 0.0672. The molecule has 0 spiro atoms. The van der Waals surface area contributed by atoms with Crippen molar-refractivity contribution in [3.63, 3.8) is 0 Å². The molecule has 0 amide bonds. The molecule has 0 aliphatic heterocycles. The number of rotatable bonds is 34. The van der Waals surface area contributed by atoms with Crippen molar-refractivity contribution in [2.45, 2.75) is 126 Å². The third kappa shape index (κ3) is 24.6. The standard InChI is InChI=1S/C37H76O6/c1-9-17-32(10-2)26-42-27-35(13-5)20-22-40-24-33(11-3)18-21-39-25-34(12-4)19-23-41-29-37(15-7)31-43-30-36(14-6)28-38-16-8/h32-37H,9-31H2,1-8H3. The van der Waals surface area contributed by atoms with E-state index < -0.39 is 0 Å². The molecule has 43 heavy (non-hydrogen) atoms. The van der Waals surface area contributed by atoms with Crippen LogP contribution in [0.2, 0.25) is 0 Å². The highest BCUT2D eigenvalue weighted by Gasteiger charge is 2.14. The van der Waals surface area contributed by atoms with Crippen molar-refractivity contribution in [3.8, 4) is 0 Å². The van der Waals surface area contributed by atoms with Gasteiger partial charge in [0.05, 0.1) is 26.4 Å². The average molecular weight is 617 g/mol. The van der Waals surface area contributed by atoms with Gasteiger partial charge in [-0.25, -0.2) is 0 Å². The Morgan fingerprint density at radius 1 is 0.302 bits per heavy atom. The summed E-state index contributed by atoms with van der Waals surface area (Å²) in [6.45, 7) is 27.6. The Kier molecular flexibility index (Phi) is 31.6. The minimum atomic E-state index is 0.458. The smallest absolute Gasteiger partial charge is 0.0516 e. The van der Waals surface area contributed by atoms with Crippen molar-refractivity contribution in [1.82, 2.24) is 0 Å². The lowest BCUT2D eigenvalue weighted by molar-refractivity contribution is 0.00154. The van der Waals surface area contributed by atoms with Crippen LogP contribution in [0.4, 0.5) is 0 Å². The van der Waals surface area contributed by atoms with Crippen molar-refractivity contribution >= 4 is 0 Å². The van der Waals surface area contributed by atoms with E-state index in [1.165, 1.54) is 19.3 Å². The predicted molar refractivity (Wildman–Crippen MR) is 182 cm³/mol. The minimum absolute atomic E-state index is 0.458. The Bertz CT molecular complexity index is 547. The molecule has 0 rings (SSSR count). The molecule has 0 bridgehead atoms. The van der Waals surface area contributed by atoms with E-state index in [0.717, 1.165) is 131 Å². The van der Waals surface area contributed by atoms with Gasteiger partial charge in [-0.1, -0.05) is 80.6 Å². The fourth-order valence-electron chi connectivity index (χ4n) is 5.18. The third-order valence-corrected chi connectivity index (χ3v) is 9.20. The summed E-state index contributed by atoms with van der Waals surface area (Å²) >= 11 is 0. The Balaban J connectivity index is 4.02. The zero-order valence-corrected chi connectivity index (χ0v) is 30.2. The maximum Gasteiger partial charge on any atom is 0.0516 e. The molecular formula is C37H76O6. The molecule has 0 fully saturated rings. The number of hydrogen-bond donors (Lipinski definition) is 0. The normalized spacial score (nSPS) is 16.2. The van der Waals surface area contributed by atoms with Crippen LogP contribution in [-0.4, -0.2) is 79.3 Å². The third-order valence-electron chi connectivity index (χ3n) is 9.20. The monoisotopic (exact) mass is 617 g/mol. The zero-order chi connectivity index (χ0) is 32.0. The maximum absolute atomic E-state index is 6.13. The summed E-state index contributed by atoms with van der Waals surface area (Å²) in [6, 6.07) is 0. The highest BCUT2D eigenvalue weighted by molar-refractivity contribution is 4.62. The topological polar surface area (TPSA) is 55.4 Å². The van der Waals surface area contributed by atoms with Crippen LogP contribution in [0, 0.1) is 35.5 Å². The molecule has 0 radical (unpaired) electrons. The lowest BCUT2D eigenvalue weighted by Crippen LogP contribution is -2.21. The first-order valence-electron chi connectivity index (χ1n) is 18.5. The minimum Gasteiger partial charge on any atom is -0.381 e. The molecule has 6 nitrogen and oxygen atoms in total. The van der Waals surface area contributed by atoms with Crippen LogP contribution in [0.15, 0.2) is 0 Å². The summed E-state index contributed by atoms with van der Waals surface area (Å²) in [4.78, 5) is 0. The average Bonchev–Trinajstić information content (AvgIpc) is 3.03. The Morgan fingerprint density at radius 2 is 0.581 bits per heavy atom. The fraction of sp³-hybridized carbons (Fsp3) is 1.00. The van der Waals surface area contributed by atoms with Gasteiger partial charge >= 0.3 is 0 Å². The molecule has 0 saturated carbocycles. The summed E-state index contributed by atoms with van der Waals surface area (Å²) < 4.78 is 36.0. The Labute approximate surface area is 269 Å². The molecule has 6 atom stereocenters. The maximum atomic E-state index is 6.13. The summed E-state index contributed by atoms with van der Waals surface area (Å²) in [6.07, 6.45) is 12.6. The van der Waals surface area contributed by atoms with Crippen molar-refractivity contribution < 1.29 is 28.4 Å². The number of ether oxygens (including phenoxy) is 6. The van der Waals surface area contributed by atoms with E-state index in [4.69, 9.17) is 28.4 Å². The molecule has 0 saturated heterocycles. The largest absolute Gasteiger partial charge is 0.381 e. The fourth-order valence-corrected chi connectivity index (χ4v) is 5.18. The lowest BCUT2D eigenvalue weighted by Gasteiger charge is -2.21. The Morgan fingerprint density at radius 3 is 0.907 bits per heavy atom. The van der Waals surface area contributed by atoms with Gasteiger partial charge in [0.2, 0.25) is 0 Å². The van der Waals surface area contributed by atoms with E-state index in [1.54, 1.807) is 0 Å². The number of hydrogen-bond acceptors (Lipinski definition) is 6. The van der Waals surface area contributed by atoms with E-state index >= 15 is 0 Å². The van der Waals surface area contributed by atoms with E-state index in [9.17, 15) is 0 Å². The molecule has 0 N–H and O–H groups in total. The molecule has 0 aromatic heterocycles.